The summed E-state index contributed by atoms with van der Waals surface area (Å²) in [5, 5.41) is 13.4. The van der Waals surface area contributed by atoms with Gasteiger partial charge in [-0.25, -0.2) is 9.82 Å². The van der Waals surface area contributed by atoms with Crippen LogP contribution in [0.2, 0.25) is 0 Å². The van der Waals surface area contributed by atoms with Crippen molar-refractivity contribution in [2.75, 3.05) is 20.6 Å². The molecule has 4 rings (SSSR count). The number of carbonyl (C=O) groups excluding carboxylic acids is 2. The van der Waals surface area contributed by atoms with Crippen molar-refractivity contribution in [2.24, 2.45) is 0 Å². The van der Waals surface area contributed by atoms with Gasteiger partial charge in [-0.2, -0.15) is 5.26 Å². The van der Waals surface area contributed by atoms with Crippen LogP contribution in [0.1, 0.15) is 40.1 Å². The van der Waals surface area contributed by atoms with Crippen molar-refractivity contribution in [1.29, 1.82) is 5.26 Å². The number of rotatable bonds is 6. The molecule has 0 aliphatic carbocycles. The van der Waals surface area contributed by atoms with Crippen molar-refractivity contribution in [2.45, 2.75) is 32.0 Å². The molecule has 1 unspecified atom stereocenters. The number of nitriles is 1. The third-order valence-electron chi connectivity index (χ3n) is 5.60. The van der Waals surface area contributed by atoms with E-state index in [1.54, 1.807) is 23.3 Å². The third kappa shape index (κ3) is 5.20. The van der Waals surface area contributed by atoms with Gasteiger partial charge < -0.3 is 24.7 Å². The standard InChI is InChI=1S/C25H26FN5O4/c1-25(2)14-18-20(34-16-5-6-17(19(26)13-16)24(33)30(3)10-8-27)11-15(12-21(18)35-25)23(32)28-22-7-9-31(4)29-22/h5-7,9,11-13,22,29H,10,14H2,1-4H3,(H,28,32). The minimum atomic E-state index is -0.775. The maximum atomic E-state index is 14.8. The summed E-state index contributed by atoms with van der Waals surface area (Å²) in [7, 11) is 3.24. The molecule has 2 N–H and O–H groups in total. The molecule has 2 aromatic rings. The highest BCUT2D eigenvalue weighted by atomic mass is 19.1. The molecule has 0 saturated carbocycles. The maximum absolute atomic E-state index is 14.8. The number of carbonyl (C=O) groups is 2. The zero-order chi connectivity index (χ0) is 25.3. The lowest BCUT2D eigenvalue weighted by Crippen LogP contribution is -2.45. The largest absolute Gasteiger partial charge is 0.487 e. The molecule has 0 aromatic heterocycles. The zero-order valence-electron chi connectivity index (χ0n) is 19.9. The molecule has 2 aromatic carbocycles. The lowest BCUT2D eigenvalue weighted by Gasteiger charge is -2.18. The van der Waals surface area contributed by atoms with Gasteiger partial charge in [-0.1, -0.05) is 0 Å². The van der Waals surface area contributed by atoms with Gasteiger partial charge in [0.25, 0.3) is 11.8 Å². The molecule has 0 saturated heterocycles. The van der Waals surface area contributed by atoms with Crippen LogP contribution >= 0.6 is 0 Å². The van der Waals surface area contributed by atoms with Crippen molar-refractivity contribution in [3.8, 4) is 23.3 Å². The molecule has 2 aliphatic rings. The predicted octanol–water partition coefficient (Wildman–Crippen LogP) is 2.95. The van der Waals surface area contributed by atoms with Crippen LogP contribution in [0.25, 0.3) is 0 Å². The van der Waals surface area contributed by atoms with Crippen LogP contribution in [0.15, 0.2) is 42.6 Å². The van der Waals surface area contributed by atoms with E-state index < -0.39 is 17.3 Å². The van der Waals surface area contributed by atoms with Gasteiger partial charge in [0, 0.05) is 43.9 Å². The first-order valence-corrected chi connectivity index (χ1v) is 11.0. The van der Waals surface area contributed by atoms with E-state index in [1.807, 2.05) is 33.0 Å². The number of hydrazine groups is 1. The Kier molecular flexibility index (Phi) is 6.37. The number of benzene rings is 2. The number of nitrogens with one attached hydrogen (secondary N) is 2. The van der Waals surface area contributed by atoms with Crippen molar-refractivity contribution in [3.63, 3.8) is 0 Å². The molecule has 0 radical (unpaired) electrons. The van der Waals surface area contributed by atoms with Crippen molar-refractivity contribution >= 4 is 11.8 Å². The molecular weight excluding hydrogens is 453 g/mol. The first kappa shape index (κ1) is 24.0. The highest BCUT2D eigenvalue weighted by Crippen LogP contribution is 2.43. The van der Waals surface area contributed by atoms with Gasteiger partial charge in [0.2, 0.25) is 0 Å². The Morgan fingerprint density at radius 2 is 2.14 bits per heavy atom. The van der Waals surface area contributed by atoms with Gasteiger partial charge in [0.05, 0.1) is 11.6 Å². The Morgan fingerprint density at radius 3 is 2.80 bits per heavy atom. The van der Waals surface area contributed by atoms with Gasteiger partial charge in [-0.05, 0) is 44.2 Å². The molecule has 182 valence electrons. The SMILES string of the molecule is CN1C=CC(NC(=O)c2cc(Oc3ccc(C(=O)N(C)CC#N)c(F)c3)c3c(c2)OC(C)(C)C3)N1. The zero-order valence-corrected chi connectivity index (χ0v) is 19.9. The Morgan fingerprint density at radius 1 is 1.37 bits per heavy atom. The average molecular weight is 480 g/mol. The summed E-state index contributed by atoms with van der Waals surface area (Å²) >= 11 is 0. The van der Waals surface area contributed by atoms with Crippen molar-refractivity contribution in [1.82, 2.24) is 20.7 Å². The predicted molar refractivity (Wildman–Crippen MR) is 125 cm³/mol. The van der Waals surface area contributed by atoms with Gasteiger partial charge in [-0.15, -0.1) is 0 Å². The van der Waals surface area contributed by atoms with E-state index in [4.69, 9.17) is 14.7 Å². The van der Waals surface area contributed by atoms with Crippen LogP contribution in [0.3, 0.4) is 0 Å². The lowest BCUT2D eigenvalue weighted by atomic mass is 9.99. The molecule has 2 aliphatic heterocycles. The molecule has 2 heterocycles. The molecule has 35 heavy (non-hydrogen) atoms. The van der Waals surface area contributed by atoms with E-state index in [-0.39, 0.29) is 29.9 Å². The molecule has 1 atom stereocenters. The number of hydrogen-bond donors (Lipinski definition) is 2. The highest BCUT2D eigenvalue weighted by molar-refractivity contribution is 5.96. The van der Waals surface area contributed by atoms with Gasteiger partial charge in [0.15, 0.2) is 0 Å². The van der Waals surface area contributed by atoms with E-state index in [0.29, 0.717) is 23.5 Å². The number of halogens is 1. The maximum Gasteiger partial charge on any atom is 0.257 e. The van der Waals surface area contributed by atoms with Crippen LogP contribution in [0.4, 0.5) is 4.39 Å². The fourth-order valence-electron chi connectivity index (χ4n) is 3.94. The van der Waals surface area contributed by atoms with Crippen LogP contribution in [0.5, 0.6) is 17.2 Å². The van der Waals surface area contributed by atoms with E-state index in [1.165, 1.54) is 19.2 Å². The second kappa shape index (κ2) is 9.27. The summed E-state index contributed by atoms with van der Waals surface area (Å²) in [6, 6.07) is 9.01. The van der Waals surface area contributed by atoms with Crippen LogP contribution in [-0.4, -0.2) is 54.1 Å². The normalized spacial score (nSPS) is 17.4. The fourth-order valence-corrected chi connectivity index (χ4v) is 3.94. The molecule has 0 fully saturated rings. The van der Waals surface area contributed by atoms with Crippen molar-refractivity contribution < 1.29 is 23.5 Å². The smallest absolute Gasteiger partial charge is 0.257 e. The third-order valence-corrected chi connectivity index (χ3v) is 5.60. The summed E-state index contributed by atoms with van der Waals surface area (Å²) in [6.07, 6.45) is 3.78. The van der Waals surface area contributed by atoms with Crippen LogP contribution < -0.4 is 20.2 Å². The molecular formula is C25H26FN5O4. The molecule has 9 nitrogen and oxygen atoms in total. The number of hydrogen-bond acceptors (Lipinski definition) is 7. The molecule has 0 spiro atoms. The highest BCUT2D eigenvalue weighted by Gasteiger charge is 2.34. The minimum Gasteiger partial charge on any atom is -0.487 e. The second-order valence-electron chi connectivity index (χ2n) is 9.09. The lowest BCUT2D eigenvalue weighted by molar-refractivity contribution is 0.0806. The van der Waals surface area contributed by atoms with Gasteiger partial charge in [0.1, 0.15) is 41.4 Å². The summed E-state index contributed by atoms with van der Waals surface area (Å²) < 4.78 is 26.8. The van der Waals surface area contributed by atoms with E-state index >= 15 is 0 Å². The summed E-state index contributed by atoms with van der Waals surface area (Å²) in [4.78, 5) is 26.4. The molecule has 0 bridgehead atoms. The average Bonchev–Trinajstić information content (AvgIpc) is 3.34. The fraction of sp³-hybridized carbons (Fsp3) is 0.320. The number of ether oxygens (including phenoxy) is 2. The topological polar surface area (TPSA) is 107 Å². The number of fused-ring (bicyclic) bond motifs is 1. The summed E-state index contributed by atoms with van der Waals surface area (Å²) in [6.45, 7) is 3.70. The molecule has 10 heteroatoms. The second-order valence-corrected chi connectivity index (χ2v) is 9.09. The Bertz CT molecular complexity index is 1250. The van der Waals surface area contributed by atoms with Crippen molar-refractivity contribution in [3.05, 3.63) is 65.1 Å². The van der Waals surface area contributed by atoms with E-state index in [0.717, 1.165) is 16.5 Å². The Hall–Kier alpha value is -4.10. The van der Waals surface area contributed by atoms with Gasteiger partial charge in [-0.3, -0.25) is 9.59 Å². The summed E-state index contributed by atoms with van der Waals surface area (Å²) in [5.74, 6) is -0.668. The van der Waals surface area contributed by atoms with E-state index in [9.17, 15) is 14.0 Å². The summed E-state index contributed by atoms with van der Waals surface area (Å²) in [5.41, 5.74) is 3.47. The Balaban J connectivity index is 1.61. The number of nitrogens with zero attached hydrogens (tertiary/aromatic N) is 3. The van der Waals surface area contributed by atoms with Crippen LogP contribution in [-0.2, 0) is 6.42 Å². The van der Waals surface area contributed by atoms with Gasteiger partial charge >= 0.3 is 0 Å². The monoisotopic (exact) mass is 479 g/mol. The van der Waals surface area contributed by atoms with Crippen LogP contribution in [0, 0.1) is 17.1 Å². The Labute approximate surface area is 202 Å². The minimum absolute atomic E-state index is 0.157. The first-order valence-electron chi connectivity index (χ1n) is 11.0. The molecule has 2 amide bonds. The number of amides is 2. The first-order chi connectivity index (χ1) is 16.6. The van der Waals surface area contributed by atoms with E-state index in [2.05, 4.69) is 10.7 Å². The quantitative estimate of drug-likeness (QED) is 0.614.